The van der Waals surface area contributed by atoms with Crippen molar-refractivity contribution in [3.63, 3.8) is 0 Å². The van der Waals surface area contributed by atoms with Gasteiger partial charge in [0.1, 0.15) is 23.6 Å². The summed E-state index contributed by atoms with van der Waals surface area (Å²) >= 11 is 0. The molecular formula is C15H20N2O4. The molecule has 0 aliphatic carbocycles. The van der Waals surface area contributed by atoms with E-state index in [1.54, 1.807) is 32.2 Å². The summed E-state index contributed by atoms with van der Waals surface area (Å²) in [6.07, 6.45) is 0.514. The maximum Gasteiger partial charge on any atom is 0.253 e. The van der Waals surface area contributed by atoms with Crippen LogP contribution in [0.5, 0.6) is 11.5 Å². The van der Waals surface area contributed by atoms with Gasteiger partial charge in [-0.05, 0) is 25.5 Å². The molecule has 1 N–H and O–H groups in total. The van der Waals surface area contributed by atoms with Gasteiger partial charge in [-0.25, -0.2) is 0 Å². The molecule has 1 aromatic carbocycles. The number of methoxy groups -OCH3 is 2. The molecule has 1 aliphatic rings. The number of rotatable bonds is 4. The molecule has 2 amide bonds. The van der Waals surface area contributed by atoms with Gasteiger partial charge in [0, 0.05) is 6.07 Å². The Bertz CT molecular complexity index is 573. The van der Waals surface area contributed by atoms with Crippen LogP contribution in [0.15, 0.2) is 18.2 Å². The topological polar surface area (TPSA) is 67.9 Å². The summed E-state index contributed by atoms with van der Waals surface area (Å²) in [7, 11) is 3.07. The second-order valence-electron chi connectivity index (χ2n) is 5.16. The van der Waals surface area contributed by atoms with Crippen molar-refractivity contribution >= 4 is 17.5 Å². The van der Waals surface area contributed by atoms with Crippen LogP contribution in [-0.2, 0) is 9.59 Å². The lowest BCUT2D eigenvalue weighted by molar-refractivity contribution is -0.135. The predicted molar refractivity (Wildman–Crippen MR) is 78.7 cm³/mol. The average molecular weight is 292 g/mol. The number of nitrogens with one attached hydrogen (secondary N) is 1. The minimum absolute atomic E-state index is 0.0298. The Morgan fingerprint density at radius 1 is 1.29 bits per heavy atom. The molecule has 0 radical (unpaired) electrons. The molecule has 1 heterocycles. The van der Waals surface area contributed by atoms with Crippen molar-refractivity contribution in [1.82, 2.24) is 5.32 Å². The Labute approximate surface area is 124 Å². The van der Waals surface area contributed by atoms with Gasteiger partial charge in [-0.3, -0.25) is 14.5 Å². The fourth-order valence-corrected chi connectivity index (χ4v) is 2.36. The highest BCUT2D eigenvalue weighted by Crippen LogP contribution is 2.34. The molecule has 1 aromatic rings. The molecule has 0 spiro atoms. The summed E-state index contributed by atoms with van der Waals surface area (Å²) in [5.41, 5.74) is -0.361. The van der Waals surface area contributed by atoms with Crippen molar-refractivity contribution in [2.45, 2.75) is 25.8 Å². The summed E-state index contributed by atoms with van der Waals surface area (Å²) in [5.74, 6) is 0.778. The Kier molecular flexibility index (Phi) is 4.06. The number of carbonyl (C=O) groups is 2. The lowest BCUT2D eigenvalue weighted by Gasteiger charge is -2.39. The smallest absolute Gasteiger partial charge is 0.253 e. The Hall–Kier alpha value is -2.24. The molecule has 1 saturated heterocycles. The number of piperazine rings is 1. The molecule has 0 saturated carbocycles. The largest absolute Gasteiger partial charge is 0.497 e. The number of benzene rings is 1. The zero-order valence-electron chi connectivity index (χ0n) is 12.7. The van der Waals surface area contributed by atoms with Crippen molar-refractivity contribution in [3.8, 4) is 11.5 Å². The van der Waals surface area contributed by atoms with Gasteiger partial charge in [-0.2, -0.15) is 0 Å². The van der Waals surface area contributed by atoms with Crippen LogP contribution in [0.2, 0.25) is 0 Å². The first-order valence-electron chi connectivity index (χ1n) is 6.80. The van der Waals surface area contributed by atoms with Gasteiger partial charge in [0.15, 0.2) is 0 Å². The van der Waals surface area contributed by atoms with Crippen LogP contribution in [0.25, 0.3) is 0 Å². The van der Waals surface area contributed by atoms with E-state index in [0.717, 1.165) is 0 Å². The van der Waals surface area contributed by atoms with Gasteiger partial charge in [-0.15, -0.1) is 0 Å². The van der Waals surface area contributed by atoms with E-state index in [4.69, 9.17) is 9.47 Å². The zero-order chi connectivity index (χ0) is 15.6. The van der Waals surface area contributed by atoms with Crippen molar-refractivity contribution in [1.29, 1.82) is 0 Å². The summed E-state index contributed by atoms with van der Waals surface area (Å²) in [4.78, 5) is 26.1. The predicted octanol–water partition coefficient (Wildman–Crippen LogP) is 1.34. The van der Waals surface area contributed by atoms with Crippen LogP contribution >= 0.6 is 0 Å². The average Bonchev–Trinajstić information content (AvgIpc) is 2.50. The maximum absolute atomic E-state index is 12.7. The number of amides is 2. The Morgan fingerprint density at radius 3 is 2.57 bits per heavy atom. The van der Waals surface area contributed by atoms with E-state index in [1.165, 1.54) is 12.0 Å². The zero-order valence-corrected chi connectivity index (χ0v) is 12.7. The highest BCUT2D eigenvalue weighted by Gasteiger charge is 2.42. The second kappa shape index (κ2) is 5.63. The van der Waals surface area contributed by atoms with E-state index in [2.05, 4.69) is 5.32 Å². The van der Waals surface area contributed by atoms with Gasteiger partial charge in [-0.1, -0.05) is 6.92 Å². The Balaban J connectivity index is 2.48. The van der Waals surface area contributed by atoms with E-state index in [9.17, 15) is 9.59 Å². The number of nitrogens with zero attached hydrogens (tertiary/aromatic N) is 1. The van der Waals surface area contributed by atoms with Gasteiger partial charge < -0.3 is 14.8 Å². The molecule has 1 atom stereocenters. The van der Waals surface area contributed by atoms with Crippen LogP contribution in [0.1, 0.15) is 20.3 Å². The van der Waals surface area contributed by atoms with Gasteiger partial charge in [0.25, 0.3) is 5.91 Å². The first-order chi connectivity index (χ1) is 9.95. The second-order valence-corrected chi connectivity index (χ2v) is 5.16. The number of carbonyl (C=O) groups excluding carboxylic acids is 2. The van der Waals surface area contributed by atoms with E-state index in [-0.39, 0.29) is 18.4 Å². The molecule has 2 rings (SSSR count). The third kappa shape index (κ3) is 2.66. The van der Waals surface area contributed by atoms with Crippen molar-refractivity contribution in [3.05, 3.63) is 18.2 Å². The quantitative estimate of drug-likeness (QED) is 0.909. The molecule has 1 aliphatic heterocycles. The molecule has 6 heteroatoms. The van der Waals surface area contributed by atoms with Crippen molar-refractivity contribution < 1.29 is 19.1 Å². The first kappa shape index (κ1) is 15.2. The normalized spacial score (nSPS) is 22.0. The molecular weight excluding hydrogens is 272 g/mol. The first-order valence-corrected chi connectivity index (χ1v) is 6.80. The number of hydrogen-bond donors (Lipinski definition) is 1. The van der Waals surface area contributed by atoms with E-state index < -0.39 is 5.54 Å². The molecule has 1 fully saturated rings. The Morgan fingerprint density at radius 2 is 2.00 bits per heavy atom. The lowest BCUT2D eigenvalue weighted by Crippen LogP contribution is -2.65. The van der Waals surface area contributed by atoms with E-state index >= 15 is 0 Å². The minimum atomic E-state index is -0.899. The van der Waals surface area contributed by atoms with Crippen molar-refractivity contribution in [2.75, 3.05) is 25.7 Å². The van der Waals surface area contributed by atoms with Crippen LogP contribution in [0, 0.1) is 0 Å². The molecule has 6 nitrogen and oxygen atoms in total. The standard InChI is InChI=1S/C15H20N2O4/c1-5-15(2)14(19)17(9-13(18)16-15)11-8-10(20-3)6-7-12(11)21-4/h6-8H,5,9H2,1-4H3,(H,16,18). The minimum Gasteiger partial charge on any atom is -0.497 e. The molecule has 0 bridgehead atoms. The van der Waals surface area contributed by atoms with Crippen LogP contribution in [-0.4, -0.2) is 38.1 Å². The lowest BCUT2D eigenvalue weighted by atomic mass is 9.94. The van der Waals surface area contributed by atoms with Crippen LogP contribution < -0.4 is 19.7 Å². The number of hydrogen-bond acceptors (Lipinski definition) is 4. The highest BCUT2D eigenvalue weighted by molar-refractivity contribution is 6.09. The SMILES string of the molecule is CCC1(C)NC(=O)CN(c2cc(OC)ccc2OC)C1=O. The van der Waals surface area contributed by atoms with Crippen LogP contribution in [0.3, 0.4) is 0 Å². The monoisotopic (exact) mass is 292 g/mol. The van der Waals surface area contributed by atoms with Gasteiger partial charge in [0.05, 0.1) is 19.9 Å². The third-order valence-corrected chi connectivity index (χ3v) is 3.82. The van der Waals surface area contributed by atoms with Gasteiger partial charge >= 0.3 is 0 Å². The number of ether oxygens (including phenoxy) is 2. The molecule has 0 aromatic heterocycles. The number of anilines is 1. The van der Waals surface area contributed by atoms with E-state index in [1.807, 2.05) is 6.92 Å². The maximum atomic E-state index is 12.7. The fourth-order valence-electron chi connectivity index (χ4n) is 2.36. The van der Waals surface area contributed by atoms with E-state index in [0.29, 0.717) is 23.6 Å². The highest BCUT2D eigenvalue weighted by atomic mass is 16.5. The molecule has 21 heavy (non-hydrogen) atoms. The summed E-state index contributed by atoms with van der Waals surface area (Å²) in [5, 5.41) is 2.76. The third-order valence-electron chi connectivity index (χ3n) is 3.82. The van der Waals surface area contributed by atoms with Crippen LogP contribution in [0.4, 0.5) is 5.69 Å². The summed E-state index contributed by atoms with van der Waals surface area (Å²) in [6.45, 7) is 3.56. The van der Waals surface area contributed by atoms with Crippen molar-refractivity contribution in [2.24, 2.45) is 0 Å². The summed E-state index contributed by atoms with van der Waals surface area (Å²) in [6, 6.07) is 5.17. The summed E-state index contributed by atoms with van der Waals surface area (Å²) < 4.78 is 10.5. The molecule has 114 valence electrons. The van der Waals surface area contributed by atoms with Gasteiger partial charge in [0.2, 0.25) is 5.91 Å². The molecule has 1 unspecified atom stereocenters. The fraction of sp³-hybridized carbons (Fsp3) is 0.467.